The van der Waals surface area contributed by atoms with E-state index in [-0.39, 0.29) is 6.10 Å². The van der Waals surface area contributed by atoms with Crippen LogP contribution in [0, 0.1) is 0 Å². The van der Waals surface area contributed by atoms with Crippen molar-refractivity contribution in [3.8, 4) is 0 Å². The molecular weight excluding hydrogens is 287 g/mol. The van der Waals surface area contributed by atoms with Crippen molar-refractivity contribution >= 4 is 7.82 Å². The molecular formula is C16H23O4P. The Hall–Kier alpha value is -0.930. The van der Waals surface area contributed by atoms with E-state index in [4.69, 9.17) is 13.6 Å². The van der Waals surface area contributed by atoms with Crippen LogP contribution in [0.15, 0.2) is 42.5 Å². The fourth-order valence-corrected chi connectivity index (χ4v) is 3.82. The van der Waals surface area contributed by atoms with E-state index in [0.717, 1.165) is 12.8 Å². The summed E-state index contributed by atoms with van der Waals surface area (Å²) in [6.45, 7) is 4.16. The van der Waals surface area contributed by atoms with E-state index in [9.17, 15) is 4.57 Å². The molecule has 0 saturated heterocycles. The van der Waals surface area contributed by atoms with Crippen molar-refractivity contribution in [1.82, 2.24) is 0 Å². The molecule has 0 amide bonds. The van der Waals surface area contributed by atoms with Gasteiger partial charge >= 0.3 is 7.82 Å². The van der Waals surface area contributed by atoms with Crippen molar-refractivity contribution in [2.75, 3.05) is 13.2 Å². The molecule has 1 aliphatic rings. The lowest BCUT2D eigenvalue weighted by Crippen LogP contribution is -2.18. The van der Waals surface area contributed by atoms with Gasteiger partial charge in [0.15, 0.2) is 0 Å². The molecule has 1 aliphatic carbocycles. The number of hydrogen-bond donors (Lipinski definition) is 0. The molecule has 2 rings (SSSR count). The molecule has 4 nitrogen and oxygen atoms in total. The molecule has 0 N–H and O–H groups in total. The summed E-state index contributed by atoms with van der Waals surface area (Å²) in [5, 5.41) is 0. The zero-order valence-electron chi connectivity index (χ0n) is 12.6. The second kappa shape index (κ2) is 7.90. The standard InChI is InChI=1S/C16H23O4P/c1-3-18-21(17,19-4-2)20-16-12-8-11-15(13-16)14-9-6-5-7-10-14/h5-10,12,15-16H,3-4,11,13H2,1-2H3/t15-,16-/m0/s1. The Labute approximate surface area is 126 Å². The lowest BCUT2D eigenvalue weighted by atomic mass is 9.87. The molecule has 0 aliphatic heterocycles. The van der Waals surface area contributed by atoms with Crippen molar-refractivity contribution in [2.45, 2.75) is 38.7 Å². The van der Waals surface area contributed by atoms with Crippen molar-refractivity contribution in [3.63, 3.8) is 0 Å². The van der Waals surface area contributed by atoms with E-state index in [2.05, 4.69) is 18.2 Å². The minimum atomic E-state index is -3.46. The van der Waals surface area contributed by atoms with Gasteiger partial charge in [-0.3, -0.25) is 13.6 Å². The molecule has 0 bridgehead atoms. The normalized spacial score (nSPS) is 22.4. The van der Waals surface area contributed by atoms with E-state index in [0.29, 0.717) is 19.1 Å². The zero-order valence-corrected chi connectivity index (χ0v) is 13.5. The summed E-state index contributed by atoms with van der Waals surface area (Å²) in [7, 11) is -3.46. The Morgan fingerprint density at radius 1 is 1.14 bits per heavy atom. The molecule has 0 saturated carbocycles. The molecule has 0 spiro atoms. The first kappa shape index (κ1) is 16.4. The number of hydrogen-bond acceptors (Lipinski definition) is 4. The van der Waals surface area contributed by atoms with Gasteiger partial charge in [-0.1, -0.05) is 42.5 Å². The van der Waals surface area contributed by atoms with Gasteiger partial charge in [0.1, 0.15) is 0 Å². The lowest BCUT2D eigenvalue weighted by Gasteiger charge is -2.27. The summed E-state index contributed by atoms with van der Waals surface area (Å²) in [6.07, 6.45) is 5.54. The van der Waals surface area contributed by atoms with Gasteiger partial charge in [0.05, 0.1) is 19.3 Å². The van der Waals surface area contributed by atoms with Crippen LogP contribution < -0.4 is 0 Å². The predicted octanol–water partition coefficient (Wildman–Crippen LogP) is 4.69. The van der Waals surface area contributed by atoms with Crippen LogP contribution in [0.5, 0.6) is 0 Å². The fourth-order valence-electron chi connectivity index (χ4n) is 2.51. The van der Waals surface area contributed by atoms with Crippen LogP contribution >= 0.6 is 7.82 Å². The van der Waals surface area contributed by atoms with Gasteiger partial charge < -0.3 is 0 Å². The van der Waals surface area contributed by atoms with Gasteiger partial charge in [-0.2, -0.15) is 0 Å². The van der Waals surface area contributed by atoms with Gasteiger partial charge in [0.2, 0.25) is 0 Å². The van der Waals surface area contributed by atoms with Gasteiger partial charge in [0, 0.05) is 0 Å². The fraction of sp³-hybridized carbons (Fsp3) is 0.500. The Morgan fingerprint density at radius 2 is 1.81 bits per heavy atom. The Kier molecular flexibility index (Phi) is 6.19. The van der Waals surface area contributed by atoms with Crippen LogP contribution in [0.3, 0.4) is 0 Å². The quantitative estimate of drug-likeness (QED) is 0.541. The topological polar surface area (TPSA) is 44.8 Å². The summed E-state index contributed by atoms with van der Waals surface area (Å²) < 4.78 is 28.4. The van der Waals surface area contributed by atoms with Crippen molar-refractivity contribution < 1.29 is 18.1 Å². The Bertz CT molecular complexity index is 490. The van der Waals surface area contributed by atoms with Crippen LogP contribution in [-0.4, -0.2) is 19.3 Å². The Morgan fingerprint density at radius 3 is 2.43 bits per heavy atom. The summed E-state index contributed by atoms with van der Waals surface area (Å²) in [5.41, 5.74) is 1.28. The number of allylic oxidation sites excluding steroid dienone is 1. The molecule has 116 valence electrons. The van der Waals surface area contributed by atoms with E-state index in [1.54, 1.807) is 13.8 Å². The average Bonchev–Trinajstić information content (AvgIpc) is 2.49. The second-order valence-electron chi connectivity index (χ2n) is 4.93. The maximum Gasteiger partial charge on any atom is 0.475 e. The van der Waals surface area contributed by atoms with Gasteiger partial charge in [-0.05, 0) is 38.2 Å². The van der Waals surface area contributed by atoms with Crippen LogP contribution in [0.4, 0.5) is 0 Å². The molecule has 21 heavy (non-hydrogen) atoms. The minimum Gasteiger partial charge on any atom is -0.287 e. The summed E-state index contributed by atoms with van der Waals surface area (Å²) in [6, 6.07) is 10.3. The Balaban J connectivity index is 2.02. The number of rotatable bonds is 7. The van der Waals surface area contributed by atoms with Crippen LogP contribution in [-0.2, 0) is 18.1 Å². The number of phosphoric ester groups is 1. The third-order valence-electron chi connectivity index (χ3n) is 3.40. The molecule has 2 atom stereocenters. The highest BCUT2D eigenvalue weighted by atomic mass is 31.2. The number of benzene rings is 1. The first-order chi connectivity index (χ1) is 10.2. The highest BCUT2D eigenvalue weighted by Crippen LogP contribution is 2.52. The van der Waals surface area contributed by atoms with Crippen LogP contribution in [0.1, 0.15) is 38.2 Å². The molecule has 0 heterocycles. The van der Waals surface area contributed by atoms with E-state index in [1.807, 2.05) is 24.3 Å². The first-order valence-corrected chi connectivity index (χ1v) is 8.92. The van der Waals surface area contributed by atoms with Crippen molar-refractivity contribution in [1.29, 1.82) is 0 Å². The molecule has 0 unspecified atom stereocenters. The van der Waals surface area contributed by atoms with E-state index >= 15 is 0 Å². The van der Waals surface area contributed by atoms with Gasteiger partial charge in [-0.15, -0.1) is 0 Å². The highest BCUT2D eigenvalue weighted by Gasteiger charge is 2.31. The van der Waals surface area contributed by atoms with Gasteiger partial charge in [0.25, 0.3) is 0 Å². The molecule has 0 radical (unpaired) electrons. The molecule has 0 fully saturated rings. The molecule has 5 heteroatoms. The second-order valence-corrected chi connectivity index (χ2v) is 6.56. The largest absolute Gasteiger partial charge is 0.475 e. The van der Waals surface area contributed by atoms with Crippen LogP contribution in [0.2, 0.25) is 0 Å². The summed E-state index contributed by atoms with van der Waals surface area (Å²) in [5.74, 6) is 0.373. The summed E-state index contributed by atoms with van der Waals surface area (Å²) in [4.78, 5) is 0. The first-order valence-electron chi connectivity index (χ1n) is 7.46. The molecule has 1 aromatic carbocycles. The smallest absolute Gasteiger partial charge is 0.287 e. The third-order valence-corrected chi connectivity index (χ3v) is 5.08. The monoisotopic (exact) mass is 310 g/mol. The van der Waals surface area contributed by atoms with Crippen molar-refractivity contribution in [2.24, 2.45) is 0 Å². The lowest BCUT2D eigenvalue weighted by molar-refractivity contribution is 0.0930. The molecule has 1 aromatic rings. The van der Waals surface area contributed by atoms with Gasteiger partial charge in [-0.25, -0.2) is 4.57 Å². The van der Waals surface area contributed by atoms with E-state index < -0.39 is 7.82 Å². The summed E-state index contributed by atoms with van der Waals surface area (Å²) >= 11 is 0. The average molecular weight is 310 g/mol. The maximum absolute atomic E-state index is 12.4. The zero-order chi connectivity index (χ0) is 15.1. The SMILES string of the molecule is CCOP(=O)(OCC)O[C@H]1C=CC[C@H](c2ccccc2)C1. The maximum atomic E-state index is 12.4. The van der Waals surface area contributed by atoms with Crippen molar-refractivity contribution in [3.05, 3.63) is 48.0 Å². The number of phosphoric acid groups is 1. The van der Waals surface area contributed by atoms with E-state index in [1.165, 1.54) is 5.56 Å². The third kappa shape index (κ3) is 4.79. The highest BCUT2D eigenvalue weighted by molar-refractivity contribution is 7.48. The van der Waals surface area contributed by atoms with Crippen LogP contribution in [0.25, 0.3) is 0 Å². The predicted molar refractivity (Wildman–Crippen MR) is 83.3 cm³/mol. The molecule has 0 aromatic heterocycles. The minimum absolute atomic E-state index is 0.243.